The molecule has 1 atom stereocenters. The zero-order valence-electron chi connectivity index (χ0n) is 25.3. The fourth-order valence-corrected chi connectivity index (χ4v) is 7.44. The number of aromatic nitrogens is 5. The van der Waals surface area contributed by atoms with Crippen molar-refractivity contribution in [2.75, 3.05) is 0 Å². The molecule has 5 aromatic carbocycles. The minimum atomic E-state index is -0.722. The van der Waals surface area contributed by atoms with Gasteiger partial charge in [0, 0.05) is 28.6 Å². The van der Waals surface area contributed by atoms with Gasteiger partial charge in [-0.2, -0.15) is 0 Å². The van der Waals surface area contributed by atoms with Crippen molar-refractivity contribution in [3.63, 3.8) is 0 Å². The Hall–Kier alpha value is -5.46. The summed E-state index contributed by atoms with van der Waals surface area (Å²) >= 11 is 1.69. The SMILES string of the molecule is CC(Sc1nc2cc3c(-c4ccncc4)[nH]n(C(c4ccccc4)(c4ccccc4)c4ccccc4)c3cc2n1)c1ccccc1. The van der Waals surface area contributed by atoms with E-state index in [9.17, 15) is 0 Å². The molecule has 0 amide bonds. The number of fused-ring (bicyclic) bond motifs is 2. The summed E-state index contributed by atoms with van der Waals surface area (Å²) in [5.74, 6) is 0. The van der Waals surface area contributed by atoms with Crippen LogP contribution in [0.15, 0.2) is 163 Å². The van der Waals surface area contributed by atoms with Gasteiger partial charge >= 0.3 is 0 Å². The van der Waals surface area contributed by atoms with Crippen LogP contribution < -0.4 is 0 Å². The molecule has 6 heteroatoms. The summed E-state index contributed by atoms with van der Waals surface area (Å²) in [5.41, 5.74) is 8.79. The predicted octanol–water partition coefficient (Wildman–Crippen LogP) is 9.67. The summed E-state index contributed by atoms with van der Waals surface area (Å²) in [6.45, 7) is 2.20. The largest absolute Gasteiger partial charge is 0.296 e. The second-order valence-corrected chi connectivity index (χ2v) is 12.7. The molecule has 0 aliphatic carbocycles. The third-order valence-electron chi connectivity index (χ3n) is 8.69. The average Bonchev–Trinajstić information content (AvgIpc) is 3.70. The van der Waals surface area contributed by atoms with Crippen LogP contribution >= 0.6 is 11.8 Å². The van der Waals surface area contributed by atoms with E-state index >= 15 is 0 Å². The molecule has 0 aliphatic rings. The number of pyridine rings is 1. The highest BCUT2D eigenvalue weighted by Crippen LogP contribution is 2.45. The molecule has 8 aromatic rings. The number of rotatable bonds is 8. The Balaban J connectivity index is 1.42. The zero-order chi connectivity index (χ0) is 30.9. The zero-order valence-corrected chi connectivity index (χ0v) is 26.1. The van der Waals surface area contributed by atoms with Gasteiger partial charge in [0.1, 0.15) is 5.54 Å². The summed E-state index contributed by atoms with van der Waals surface area (Å²) in [4.78, 5) is 14.4. The van der Waals surface area contributed by atoms with Crippen molar-refractivity contribution in [3.8, 4) is 11.3 Å². The van der Waals surface area contributed by atoms with Crippen LogP contribution in [0.5, 0.6) is 0 Å². The van der Waals surface area contributed by atoms with E-state index < -0.39 is 5.54 Å². The fourth-order valence-electron chi connectivity index (χ4n) is 6.52. The van der Waals surface area contributed by atoms with E-state index in [1.165, 1.54) is 5.56 Å². The van der Waals surface area contributed by atoms with Crippen LogP contribution in [0.3, 0.4) is 0 Å². The summed E-state index contributed by atoms with van der Waals surface area (Å²) in [6.07, 6.45) is 3.68. The van der Waals surface area contributed by atoms with E-state index in [1.807, 2.05) is 18.5 Å². The first kappa shape index (κ1) is 28.0. The van der Waals surface area contributed by atoms with Crippen LogP contribution in [0.2, 0.25) is 0 Å². The number of aromatic amines is 1. The number of benzene rings is 5. The van der Waals surface area contributed by atoms with Crippen LogP contribution in [0.25, 0.3) is 33.2 Å². The number of hydrogen-bond donors (Lipinski definition) is 1. The van der Waals surface area contributed by atoms with Gasteiger partial charge in [0.25, 0.3) is 0 Å². The highest BCUT2D eigenvalue weighted by molar-refractivity contribution is 7.99. The van der Waals surface area contributed by atoms with Gasteiger partial charge in [0.05, 0.1) is 22.2 Å². The maximum absolute atomic E-state index is 5.07. The molecule has 0 radical (unpaired) electrons. The van der Waals surface area contributed by atoms with Crippen molar-refractivity contribution in [2.45, 2.75) is 22.9 Å². The molecular weight excluding hydrogens is 583 g/mol. The number of H-pyrrole nitrogens is 1. The second kappa shape index (κ2) is 11.8. The van der Waals surface area contributed by atoms with E-state index in [0.717, 1.165) is 55.0 Å². The van der Waals surface area contributed by atoms with Crippen molar-refractivity contribution in [3.05, 3.63) is 180 Å². The predicted molar refractivity (Wildman–Crippen MR) is 188 cm³/mol. The highest BCUT2D eigenvalue weighted by atomic mass is 32.2. The van der Waals surface area contributed by atoms with Gasteiger partial charge in [-0.05, 0) is 53.4 Å². The molecule has 0 bridgehead atoms. The third kappa shape index (κ3) is 4.78. The first-order chi connectivity index (χ1) is 22.7. The molecule has 222 valence electrons. The second-order valence-electron chi connectivity index (χ2n) is 11.4. The molecule has 1 unspecified atom stereocenters. The van der Waals surface area contributed by atoms with Gasteiger partial charge in [-0.15, -0.1) is 0 Å². The summed E-state index contributed by atoms with van der Waals surface area (Å²) in [7, 11) is 0. The molecule has 46 heavy (non-hydrogen) atoms. The fraction of sp³-hybridized carbons (Fsp3) is 0.0750. The van der Waals surface area contributed by atoms with Crippen molar-refractivity contribution in [1.82, 2.24) is 24.7 Å². The lowest BCUT2D eigenvalue weighted by atomic mass is 9.77. The molecule has 5 nitrogen and oxygen atoms in total. The number of hydrogen-bond acceptors (Lipinski definition) is 4. The Kier molecular flexibility index (Phi) is 7.20. The van der Waals surface area contributed by atoms with Crippen molar-refractivity contribution >= 4 is 33.7 Å². The van der Waals surface area contributed by atoms with E-state index in [0.29, 0.717) is 0 Å². The third-order valence-corrected chi connectivity index (χ3v) is 9.71. The monoisotopic (exact) mass is 613 g/mol. The van der Waals surface area contributed by atoms with E-state index in [-0.39, 0.29) is 5.25 Å². The van der Waals surface area contributed by atoms with Crippen molar-refractivity contribution in [2.24, 2.45) is 0 Å². The maximum Gasteiger partial charge on any atom is 0.189 e. The quantitative estimate of drug-likeness (QED) is 0.137. The summed E-state index contributed by atoms with van der Waals surface area (Å²) in [5, 5.41) is 5.98. The van der Waals surface area contributed by atoms with Crippen molar-refractivity contribution in [1.29, 1.82) is 0 Å². The summed E-state index contributed by atoms with van der Waals surface area (Å²) in [6, 6.07) is 51.2. The molecule has 3 heterocycles. The van der Waals surface area contributed by atoms with E-state index in [1.54, 1.807) is 11.8 Å². The van der Waals surface area contributed by atoms with Crippen LogP contribution in [0.1, 0.15) is 34.4 Å². The van der Waals surface area contributed by atoms with Gasteiger partial charge < -0.3 is 0 Å². The number of imidazole rings is 1. The van der Waals surface area contributed by atoms with E-state index in [2.05, 4.69) is 161 Å². The van der Waals surface area contributed by atoms with Gasteiger partial charge in [0.15, 0.2) is 5.16 Å². The Bertz CT molecular complexity index is 2130. The topological polar surface area (TPSA) is 59.4 Å². The smallest absolute Gasteiger partial charge is 0.189 e. The van der Waals surface area contributed by atoms with E-state index in [4.69, 9.17) is 9.97 Å². The molecule has 1 N–H and O–H groups in total. The van der Waals surface area contributed by atoms with Crippen LogP contribution in [0, 0.1) is 0 Å². The first-order valence-corrected chi connectivity index (χ1v) is 16.3. The lowest BCUT2D eigenvalue weighted by Crippen LogP contribution is -2.38. The Morgan fingerprint density at radius 1 is 0.630 bits per heavy atom. The maximum atomic E-state index is 5.07. The lowest BCUT2D eigenvalue weighted by molar-refractivity contribution is 0.477. The first-order valence-electron chi connectivity index (χ1n) is 15.4. The molecular formula is C40H31N5S. The molecule has 0 aliphatic heterocycles. The number of nitrogens with one attached hydrogen (secondary N) is 1. The molecule has 0 spiro atoms. The summed E-state index contributed by atoms with van der Waals surface area (Å²) < 4.78 is 2.33. The van der Waals surface area contributed by atoms with Gasteiger partial charge in [-0.3, -0.25) is 14.8 Å². The van der Waals surface area contributed by atoms with Gasteiger partial charge in [0.2, 0.25) is 0 Å². The Labute approximate surface area is 272 Å². The van der Waals surface area contributed by atoms with Crippen LogP contribution in [0.4, 0.5) is 0 Å². The molecule has 8 rings (SSSR count). The number of nitrogens with zero attached hydrogens (tertiary/aromatic N) is 4. The minimum Gasteiger partial charge on any atom is -0.296 e. The van der Waals surface area contributed by atoms with Crippen molar-refractivity contribution < 1.29 is 0 Å². The Morgan fingerprint density at radius 3 is 1.67 bits per heavy atom. The highest BCUT2D eigenvalue weighted by Gasteiger charge is 2.40. The molecule has 0 saturated carbocycles. The average molecular weight is 614 g/mol. The Morgan fingerprint density at radius 2 is 1.13 bits per heavy atom. The normalized spacial score (nSPS) is 12.5. The molecule has 0 saturated heterocycles. The van der Waals surface area contributed by atoms with Crippen LogP contribution in [-0.4, -0.2) is 24.7 Å². The molecule has 3 aromatic heterocycles. The standard InChI is InChI=1S/C40H31N5S/c1-28(29-14-6-2-7-15-29)46-39-42-35-26-34-37(27-36(35)43-39)45(44-38(34)30-22-24-41-25-23-30)40(31-16-8-3-9-17-31,32-18-10-4-11-19-32)33-20-12-5-13-21-33/h2-28,44H,1H3. The van der Waals surface area contributed by atoms with Gasteiger partial charge in [-0.1, -0.05) is 133 Å². The molecule has 0 fully saturated rings. The number of thioether (sulfide) groups is 1. The minimum absolute atomic E-state index is 0.226. The lowest BCUT2D eigenvalue weighted by Gasteiger charge is -2.37. The van der Waals surface area contributed by atoms with Crippen LogP contribution in [-0.2, 0) is 5.54 Å². The van der Waals surface area contributed by atoms with Gasteiger partial charge in [-0.25, -0.2) is 9.97 Å².